The molecule has 170 valence electrons. The minimum Gasteiger partial charge on any atom is -0.277 e. The van der Waals surface area contributed by atoms with Crippen molar-refractivity contribution in [2.45, 2.75) is 6.92 Å². The van der Waals surface area contributed by atoms with Crippen LogP contribution in [0.3, 0.4) is 0 Å². The topological polar surface area (TPSA) is 25.6 Å². The molecule has 0 atom stereocenters. The lowest BCUT2D eigenvalue weighted by Crippen LogP contribution is -2.28. The number of hydrogen-bond acceptors (Lipinski definition) is 1. The van der Waals surface area contributed by atoms with Crippen LogP contribution in [-0.4, -0.2) is 13.8 Å². The summed E-state index contributed by atoms with van der Waals surface area (Å²) in [6.07, 6.45) is 2.15. The van der Waals surface area contributed by atoms with E-state index in [2.05, 4.69) is 131 Å². The highest BCUT2D eigenvalue weighted by Gasteiger charge is 2.22. The highest BCUT2D eigenvalue weighted by atomic mass is 15.2. The van der Waals surface area contributed by atoms with Crippen molar-refractivity contribution in [3.63, 3.8) is 0 Å². The largest absolute Gasteiger partial charge is 0.277 e. The lowest BCUT2D eigenvalue weighted by atomic mass is 10.0. The SMILES string of the molecule is Cc1ccc2c3c1c1c(ccc[n+]1C)c1ccccc1c1ccccc1n3c1nc3ccccc3n21. The van der Waals surface area contributed by atoms with Crippen molar-refractivity contribution >= 4 is 65.8 Å². The Morgan fingerprint density at radius 3 is 2.11 bits per heavy atom. The van der Waals surface area contributed by atoms with Crippen LogP contribution in [0.4, 0.5) is 0 Å². The second-order valence-corrected chi connectivity index (χ2v) is 9.64. The molecule has 0 aliphatic heterocycles. The fourth-order valence-electron chi connectivity index (χ4n) is 6.11. The third-order valence-electron chi connectivity index (χ3n) is 7.64. The predicted molar refractivity (Wildman–Crippen MR) is 148 cm³/mol. The van der Waals surface area contributed by atoms with Gasteiger partial charge in [0.2, 0.25) is 11.3 Å². The first kappa shape index (κ1) is 19.6. The number of aromatic nitrogens is 4. The third kappa shape index (κ3) is 2.38. The zero-order valence-electron chi connectivity index (χ0n) is 20.1. The molecule has 4 aromatic carbocycles. The van der Waals surface area contributed by atoms with Crippen molar-refractivity contribution in [1.29, 1.82) is 0 Å². The van der Waals surface area contributed by atoms with Gasteiger partial charge in [-0.2, -0.15) is 0 Å². The quantitative estimate of drug-likeness (QED) is 0.221. The molecule has 0 N–H and O–H groups in total. The molecule has 0 amide bonds. The van der Waals surface area contributed by atoms with Gasteiger partial charge in [0, 0.05) is 11.5 Å². The van der Waals surface area contributed by atoms with Gasteiger partial charge in [-0.3, -0.25) is 8.80 Å². The molecule has 4 heteroatoms. The van der Waals surface area contributed by atoms with Crippen LogP contribution in [0.15, 0.2) is 103 Å². The van der Waals surface area contributed by atoms with Gasteiger partial charge in [0.25, 0.3) is 0 Å². The maximum atomic E-state index is 5.18. The smallest absolute Gasteiger partial charge is 0.222 e. The number of nitrogens with zero attached hydrogens (tertiary/aromatic N) is 4. The molecule has 8 rings (SSSR count). The fraction of sp³-hybridized carbons (Fsp3) is 0.0625. The number of pyridine rings is 1. The number of aryl methyl sites for hydroxylation is 2. The number of imidazole rings is 2. The molecule has 4 aromatic heterocycles. The normalized spacial score (nSPS) is 12.2. The highest BCUT2D eigenvalue weighted by Crippen LogP contribution is 2.36. The van der Waals surface area contributed by atoms with E-state index < -0.39 is 0 Å². The number of para-hydroxylation sites is 3. The second kappa shape index (κ2) is 6.92. The molecule has 0 spiro atoms. The number of benzene rings is 4. The fourth-order valence-corrected chi connectivity index (χ4v) is 6.11. The average molecular weight is 464 g/mol. The van der Waals surface area contributed by atoms with E-state index in [-0.39, 0.29) is 0 Å². The first-order valence-corrected chi connectivity index (χ1v) is 12.3. The Bertz CT molecular complexity index is 2230. The highest BCUT2D eigenvalue weighted by molar-refractivity contribution is 6.20. The standard InChI is InChI=1S/C32H23N4/c1-20-17-18-28-31-29(20)30-24(13-9-19-34(30)2)22-11-4-3-10-21(22)23-12-5-7-15-26(23)36(31)32-33-25-14-6-8-16-27(25)35(28)32/h3-19H,1-2H3/q+1. The van der Waals surface area contributed by atoms with Crippen LogP contribution in [0.25, 0.3) is 65.8 Å². The maximum Gasteiger partial charge on any atom is 0.222 e. The number of rotatable bonds is 0. The van der Waals surface area contributed by atoms with Crippen molar-refractivity contribution in [3.8, 4) is 0 Å². The van der Waals surface area contributed by atoms with E-state index in [0.717, 1.165) is 27.8 Å². The summed E-state index contributed by atoms with van der Waals surface area (Å²) >= 11 is 0. The minimum atomic E-state index is 0.935. The van der Waals surface area contributed by atoms with Gasteiger partial charge in [-0.15, -0.1) is 0 Å². The molecular weight excluding hydrogens is 440 g/mol. The van der Waals surface area contributed by atoms with Crippen LogP contribution >= 0.6 is 0 Å². The first-order chi connectivity index (χ1) is 17.7. The van der Waals surface area contributed by atoms with Gasteiger partial charge in [-0.05, 0) is 53.6 Å². The van der Waals surface area contributed by atoms with Gasteiger partial charge >= 0.3 is 0 Å². The number of fused-ring (bicyclic) bond motifs is 12. The van der Waals surface area contributed by atoms with E-state index in [1.54, 1.807) is 0 Å². The lowest BCUT2D eigenvalue weighted by molar-refractivity contribution is -0.644. The summed E-state index contributed by atoms with van der Waals surface area (Å²) in [7, 11) is 2.15. The Kier molecular flexibility index (Phi) is 3.77. The molecule has 4 nitrogen and oxygen atoms in total. The Morgan fingerprint density at radius 2 is 1.28 bits per heavy atom. The zero-order valence-corrected chi connectivity index (χ0v) is 20.1. The summed E-state index contributed by atoms with van der Waals surface area (Å²) in [5.41, 5.74) is 8.08. The minimum absolute atomic E-state index is 0.935. The Morgan fingerprint density at radius 1 is 0.611 bits per heavy atom. The molecule has 8 aromatic rings. The van der Waals surface area contributed by atoms with Crippen LogP contribution in [-0.2, 0) is 7.05 Å². The molecule has 4 heterocycles. The van der Waals surface area contributed by atoms with Crippen molar-refractivity contribution in [1.82, 2.24) is 13.8 Å². The molecule has 0 saturated heterocycles. The first-order valence-electron chi connectivity index (χ1n) is 12.3. The van der Waals surface area contributed by atoms with E-state index in [4.69, 9.17) is 4.98 Å². The van der Waals surface area contributed by atoms with Crippen LogP contribution in [0, 0.1) is 6.92 Å². The van der Waals surface area contributed by atoms with Gasteiger partial charge in [-0.25, -0.2) is 9.55 Å². The van der Waals surface area contributed by atoms with Gasteiger partial charge in [0.05, 0.1) is 38.4 Å². The molecule has 0 unspecified atom stereocenters. The second-order valence-electron chi connectivity index (χ2n) is 9.64. The monoisotopic (exact) mass is 463 g/mol. The summed E-state index contributed by atoms with van der Waals surface area (Å²) in [5.74, 6) is 0.935. The van der Waals surface area contributed by atoms with Crippen molar-refractivity contribution in [2.75, 3.05) is 0 Å². The Balaban J connectivity index is 1.91. The molecule has 0 fully saturated rings. The van der Waals surface area contributed by atoms with E-state index >= 15 is 0 Å². The van der Waals surface area contributed by atoms with E-state index in [9.17, 15) is 0 Å². The molecule has 36 heavy (non-hydrogen) atoms. The van der Waals surface area contributed by atoms with Crippen molar-refractivity contribution in [2.24, 2.45) is 7.05 Å². The lowest BCUT2D eigenvalue weighted by Gasteiger charge is -2.04. The molecule has 0 aliphatic carbocycles. The van der Waals surface area contributed by atoms with Crippen LogP contribution < -0.4 is 4.57 Å². The van der Waals surface area contributed by atoms with Gasteiger partial charge in [0.15, 0.2) is 6.20 Å². The van der Waals surface area contributed by atoms with Crippen molar-refractivity contribution < 1.29 is 4.57 Å². The average Bonchev–Trinajstić information content (AvgIpc) is 3.44. The summed E-state index contributed by atoms with van der Waals surface area (Å²) in [6, 6.07) is 34.8. The van der Waals surface area contributed by atoms with Gasteiger partial charge in [-0.1, -0.05) is 60.7 Å². The summed E-state index contributed by atoms with van der Waals surface area (Å²) < 4.78 is 6.97. The molecule has 0 radical (unpaired) electrons. The molecule has 0 saturated carbocycles. The van der Waals surface area contributed by atoms with Crippen LogP contribution in [0.1, 0.15) is 5.56 Å². The van der Waals surface area contributed by atoms with Crippen LogP contribution in [0.2, 0.25) is 0 Å². The Hall–Kier alpha value is -4.70. The third-order valence-corrected chi connectivity index (χ3v) is 7.64. The maximum absolute atomic E-state index is 5.18. The molecule has 0 aliphatic rings. The van der Waals surface area contributed by atoms with Gasteiger partial charge < -0.3 is 0 Å². The summed E-state index contributed by atoms with van der Waals surface area (Å²) in [6.45, 7) is 2.22. The van der Waals surface area contributed by atoms with E-state index in [1.807, 2.05) is 0 Å². The predicted octanol–water partition coefficient (Wildman–Crippen LogP) is 7.05. The molecular formula is C32H23N4+. The van der Waals surface area contributed by atoms with E-state index in [1.165, 1.54) is 43.5 Å². The summed E-state index contributed by atoms with van der Waals surface area (Å²) in [5, 5.41) is 6.14. The Labute approximate surface area is 206 Å². The molecule has 0 bridgehead atoms. The van der Waals surface area contributed by atoms with Crippen molar-refractivity contribution in [3.05, 3.63) is 109 Å². The van der Waals surface area contributed by atoms with E-state index in [0.29, 0.717) is 0 Å². The summed E-state index contributed by atoms with van der Waals surface area (Å²) in [4.78, 5) is 5.18. The van der Waals surface area contributed by atoms with Crippen LogP contribution in [0.5, 0.6) is 0 Å². The van der Waals surface area contributed by atoms with Gasteiger partial charge in [0.1, 0.15) is 7.05 Å². The zero-order chi connectivity index (χ0) is 24.0. The number of hydrogen-bond donors (Lipinski definition) is 0.